The third-order valence-corrected chi connectivity index (χ3v) is 5.20. The smallest absolute Gasteiger partial charge is 0.379 e. The number of sulfone groups is 1. The van der Waals surface area contributed by atoms with E-state index in [1.807, 2.05) is 0 Å². The first-order chi connectivity index (χ1) is 8.23. The van der Waals surface area contributed by atoms with Crippen LogP contribution >= 0.6 is 15.9 Å². The highest BCUT2D eigenvalue weighted by Gasteiger charge is 2.41. The molecule has 0 N–H and O–H groups in total. The van der Waals surface area contributed by atoms with E-state index in [2.05, 4.69) is 15.9 Å². The fraction of sp³-hybridized carbons (Fsp3) is 0.400. The second-order valence-corrected chi connectivity index (χ2v) is 6.95. The Labute approximate surface area is 110 Å². The number of benzene rings is 1. The van der Waals surface area contributed by atoms with Crippen LogP contribution in [0.15, 0.2) is 27.6 Å². The van der Waals surface area contributed by atoms with Crippen LogP contribution < -0.4 is 0 Å². The van der Waals surface area contributed by atoms with Gasteiger partial charge >= 0.3 is 6.18 Å². The summed E-state index contributed by atoms with van der Waals surface area (Å²) >= 11 is 2.98. The van der Waals surface area contributed by atoms with E-state index in [1.54, 1.807) is 0 Å². The third-order valence-electron chi connectivity index (χ3n) is 2.60. The molecular formula is C10H8BrF3O3S. The van der Waals surface area contributed by atoms with Gasteiger partial charge in [0.2, 0.25) is 0 Å². The molecule has 0 aliphatic carbocycles. The first-order valence-corrected chi connectivity index (χ1v) is 7.25. The Balaban J connectivity index is 2.58. The molecule has 1 heterocycles. The maximum absolute atomic E-state index is 12.8. The highest BCUT2D eigenvalue weighted by molar-refractivity contribution is 9.10. The summed E-state index contributed by atoms with van der Waals surface area (Å²) in [6.07, 6.45) is -4.70. The van der Waals surface area contributed by atoms with Gasteiger partial charge in [0.25, 0.3) is 0 Å². The van der Waals surface area contributed by atoms with Crippen LogP contribution in [0.2, 0.25) is 0 Å². The molecule has 2 rings (SSSR count). The summed E-state index contributed by atoms with van der Waals surface area (Å²) in [7, 11) is -4.01. The lowest BCUT2D eigenvalue weighted by molar-refractivity contribution is -0.139. The first kappa shape index (κ1) is 13.8. The molecule has 0 atom stereocenters. The molecule has 100 valence electrons. The Morgan fingerprint density at radius 3 is 2.33 bits per heavy atom. The molecule has 1 aromatic rings. The Morgan fingerprint density at radius 2 is 1.89 bits per heavy atom. The van der Waals surface area contributed by atoms with Crippen molar-refractivity contribution in [1.29, 1.82) is 0 Å². The van der Waals surface area contributed by atoms with E-state index in [0.29, 0.717) is 0 Å². The third kappa shape index (κ3) is 2.41. The van der Waals surface area contributed by atoms with Crippen molar-refractivity contribution in [2.24, 2.45) is 0 Å². The van der Waals surface area contributed by atoms with Crippen molar-refractivity contribution in [3.63, 3.8) is 0 Å². The van der Waals surface area contributed by atoms with Gasteiger partial charge in [-0.15, -0.1) is 0 Å². The molecule has 0 amide bonds. The molecule has 0 aromatic heterocycles. The van der Waals surface area contributed by atoms with Gasteiger partial charge in [0.15, 0.2) is 9.84 Å². The van der Waals surface area contributed by atoms with E-state index >= 15 is 0 Å². The molecule has 0 radical (unpaired) electrons. The molecule has 1 saturated heterocycles. The molecule has 1 aliphatic rings. The van der Waals surface area contributed by atoms with Crippen molar-refractivity contribution >= 4 is 25.8 Å². The molecule has 0 saturated carbocycles. The number of rotatable bonds is 2. The minimum Gasteiger partial charge on any atom is -0.379 e. The normalized spacial score (nSPS) is 17.6. The zero-order valence-electron chi connectivity index (χ0n) is 8.87. The second kappa shape index (κ2) is 4.50. The molecule has 1 fully saturated rings. The average molecular weight is 345 g/mol. The summed E-state index contributed by atoms with van der Waals surface area (Å²) in [6, 6.07) is 2.91. The standard InChI is InChI=1S/C10H8BrF3O3S/c11-6-1-2-8(10(12,13)14)9(3-6)18(15,16)7-4-17-5-7/h1-3,7H,4-5H2. The predicted octanol–water partition coefficient (Wildman–Crippen LogP) is 2.64. The fourth-order valence-corrected chi connectivity index (χ4v) is 3.74. The number of hydrogen-bond donors (Lipinski definition) is 0. The van der Waals surface area contributed by atoms with Gasteiger partial charge in [0.1, 0.15) is 5.25 Å². The van der Waals surface area contributed by atoms with E-state index in [9.17, 15) is 21.6 Å². The maximum atomic E-state index is 12.8. The Morgan fingerprint density at radius 1 is 1.28 bits per heavy atom. The molecule has 0 unspecified atom stereocenters. The van der Waals surface area contributed by atoms with Gasteiger partial charge < -0.3 is 4.74 Å². The van der Waals surface area contributed by atoms with Crippen molar-refractivity contribution in [3.8, 4) is 0 Å². The molecule has 1 aliphatic heterocycles. The lowest BCUT2D eigenvalue weighted by atomic mass is 10.2. The van der Waals surface area contributed by atoms with Crippen molar-refractivity contribution in [3.05, 3.63) is 28.2 Å². The number of ether oxygens (including phenoxy) is 1. The highest BCUT2D eigenvalue weighted by atomic mass is 79.9. The number of halogens is 4. The molecule has 8 heteroatoms. The van der Waals surface area contributed by atoms with Crippen molar-refractivity contribution < 1.29 is 26.3 Å². The van der Waals surface area contributed by atoms with E-state index in [4.69, 9.17) is 4.74 Å². The molecule has 3 nitrogen and oxygen atoms in total. The van der Waals surface area contributed by atoms with E-state index < -0.39 is 31.7 Å². The summed E-state index contributed by atoms with van der Waals surface area (Å²) in [5.74, 6) is 0. The largest absolute Gasteiger partial charge is 0.417 e. The summed E-state index contributed by atoms with van der Waals surface area (Å²) in [5, 5.41) is -0.895. The topological polar surface area (TPSA) is 43.4 Å². The van der Waals surface area contributed by atoms with E-state index in [0.717, 1.165) is 12.1 Å². The zero-order valence-corrected chi connectivity index (χ0v) is 11.3. The van der Waals surface area contributed by atoms with Crippen LogP contribution in [0.25, 0.3) is 0 Å². The van der Waals surface area contributed by atoms with Crippen LogP contribution in [0, 0.1) is 0 Å². The van der Waals surface area contributed by atoms with Gasteiger partial charge in [-0.3, -0.25) is 0 Å². The summed E-state index contributed by atoms with van der Waals surface area (Å²) in [6.45, 7) is -0.127. The van der Waals surface area contributed by atoms with Crippen molar-refractivity contribution in [2.75, 3.05) is 13.2 Å². The van der Waals surface area contributed by atoms with Gasteiger partial charge in [-0.05, 0) is 18.2 Å². The minimum atomic E-state index is -4.70. The molecule has 18 heavy (non-hydrogen) atoms. The van der Waals surface area contributed by atoms with Crippen molar-refractivity contribution in [1.82, 2.24) is 0 Å². The Bertz CT molecular complexity index is 564. The van der Waals surface area contributed by atoms with Gasteiger partial charge in [-0.1, -0.05) is 15.9 Å². The van der Waals surface area contributed by atoms with E-state index in [-0.39, 0.29) is 17.7 Å². The van der Waals surface area contributed by atoms with Crippen LogP contribution in [0.5, 0.6) is 0 Å². The lowest BCUT2D eigenvalue weighted by Gasteiger charge is -2.27. The molecule has 0 spiro atoms. The SMILES string of the molecule is O=S(=O)(c1cc(Br)ccc1C(F)(F)F)C1COC1. The monoisotopic (exact) mass is 344 g/mol. The second-order valence-electron chi connectivity index (χ2n) is 3.84. The predicted molar refractivity (Wildman–Crippen MR) is 60.9 cm³/mol. The minimum absolute atomic E-state index is 0.0633. The fourth-order valence-electron chi connectivity index (χ4n) is 1.54. The van der Waals surface area contributed by atoms with Crippen LogP contribution in [-0.2, 0) is 20.8 Å². The quantitative estimate of drug-likeness (QED) is 0.828. The highest BCUT2D eigenvalue weighted by Crippen LogP contribution is 2.37. The van der Waals surface area contributed by atoms with Gasteiger partial charge in [-0.2, -0.15) is 13.2 Å². The maximum Gasteiger partial charge on any atom is 0.417 e. The Kier molecular flexibility index (Phi) is 3.46. The summed E-state index contributed by atoms with van der Waals surface area (Å²) in [5.41, 5.74) is -1.14. The first-order valence-electron chi connectivity index (χ1n) is 4.91. The van der Waals surface area contributed by atoms with Crippen LogP contribution in [0.3, 0.4) is 0 Å². The van der Waals surface area contributed by atoms with Crippen LogP contribution in [0.1, 0.15) is 5.56 Å². The van der Waals surface area contributed by atoms with E-state index in [1.165, 1.54) is 6.07 Å². The average Bonchev–Trinajstić information content (AvgIpc) is 2.11. The lowest BCUT2D eigenvalue weighted by Crippen LogP contribution is -2.41. The Hall–Kier alpha value is -0.600. The molecule has 0 bridgehead atoms. The summed E-state index contributed by atoms with van der Waals surface area (Å²) in [4.78, 5) is -0.697. The zero-order chi connectivity index (χ0) is 13.6. The van der Waals surface area contributed by atoms with Gasteiger partial charge in [0, 0.05) is 4.47 Å². The molecular weight excluding hydrogens is 337 g/mol. The van der Waals surface area contributed by atoms with Crippen LogP contribution in [0.4, 0.5) is 13.2 Å². The van der Waals surface area contributed by atoms with Crippen LogP contribution in [-0.4, -0.2) is 26.9 Å². The number of alkyl halides is 3. The van der Waals surface area contributed by atoms with Crippen molar-refractivity contribution in [2.45, 2.75) is 16.3 Å². The number of hydrogen-bond acceptors (Lipinski definition) is 3. The summed E-state index contributed by atoms with van der Waals surface area (Å²) < 4.78 is 67.4. The van der Waals surface area contributed by atoms with Gasteiger partial charge in [-0.25, -0.2) is 8.42 Å². The van der Waals surface area contributed by atoms with Gasteiger partial charge in [0.05, 0.1) is 23.7 Å². The molecule has 1 aromatic carbocycles.